The van der Waals surface area contributed by atoms with Gasteiger partial charge in [-0.1, -0.05) is 6.92 Å². The summed E-state index contributed by atoms with van der Waals surface area (Å²) in [6.07, 6.45) is 3.70. The molecule has 0 aliphatic rings. The maximum Gasteiger partial charge on any atom is 0.138 e. The third-order valence-electron chi connectivity index (χ3n) is 2.47. The topological polar surface area (TPSA) is 42.7 Å². The molecule has 0 aliphatic heterocycles. The highest BCUT2D eigenvalue weighted by atomic mass is 15.3. The first kappa shape index (κ1) is 11.2. The van der Waals surface area contributed by atoms with Crippen molar-refractivity contribution in [2.45, 2.75) is 45.7 Å². The molecular weight excluding hydrogens is 176 g/mol. The van der Waals surface area contributed by atoms with Gasteiger partial charge in [-0.25, -0.2) is 9.67 Å². The van der Waals surface area contributed by atoms with Crippen LogP contribution in [0, 0.1) is 0 Å². The number of hydrogen-bond donors (Lipinski definition) is 1. The maximum absolute atomic E-state index is 4.28. The predicted molar refractivity (Wildman–Crippen MR) is 57.2 cm³/mol. The summed E-state index contributed by atoms with van der Waals surface area (Å²) in [5, 5.41) is 7.49. The van der Waals surface area contributed by atoms with Crippen LogP contribution in [0.2, 0.25) is 0 Å². The summed E-state index contributed by atoms with van der Waals surface area (Å²) in [4.78, 5) is 4.28. The number of rotatable bonds is 5. The Morgan fingerprint density at radius 2 is 2.21 bits per heavy atom. The maximum atomic E-state index is 4.28. The largest absolute Gasteiger partial charge is 0.317 e. The van der Waals surface area contributed by atoms with Crippen LogP contribution in [0.25, 0.3) is 0 Å². The summed E-state index contributed by atoms with van der Waals surface area (Å²) >= 11 is 0. The molecular formula is C10H20N4. The van der Waals surface area contributed by atoms with E-state index >= 15 is 0 Å². The quantitative estimate of drug-likeness (QED) is 0.774. The van der Waals surface area contributed by atoms with E-state index < -0.39 is 0 Å². The van der Waals surface area contributed by atoms with Crippen molar-refractivity contribution in [3.63, 3.8) is 0 Å². The molecule has 80 valence electrons. The molecule has 0 aliphatic carbocycles. The number of likely N-dealkylation sites (N-methyl/N-ethyl adjacent to an activating group) is 1. The summed E-state index contributed by atoms with van der Waals surface area (Å²) in [6, 6.07) is 0.888. The number of hydrogen-bond acceptors (Lipinski definition) is 3. The van der Waals surface area contributed by atoms with Crippen LogP contribution < -0.4 is 5.32 Å². The van der Waals surface area contributed by atoms with Crippen LogP contribution in [0.1, 0.15) is 39.1 Å². The molecule has 0 spiro atoms. The predicted octanol–water partition coefficient (Wildman–Crippen LogP) is 1.40. The van der Waals surface area contributed by atoms with Gasteiger partial charge in [0.2, 0.25) is 0 Å². The third kappa shape index (κ3) is 2.54. The molecule has 1 aromatic heterocycles. The Balaban J connectivity index is 2.70. The molecule has 14 heavy (non-hydrogen) atoms. The zero-order valence-corrected chi connectivity index (χ0v) is 9.49. The van der Waals surface area contributed by atoms with Crippen molar-refractivity contribution in [2.75, 3.05) is 7.05 Å². The van der Waals surface area contributed by atoms with Crippen LogP contribution in [-0.2, 0) is 6.42 Å². The van der Waals surface area contributed by atoms with Gasteiger partial charge in [0.15, 0.2) is 0 Å². The molecule has 0 saturated carbocycles. The van der Waals surface area contributed by atoms with Gasteiger partial charge in [-0.15, -0.1) is 0 Å². The van der Waals surface area contributed by atoms with Crippen molar-refractivity contribution in [1.29, 1.82) is 0 Å². The average molecular weight is 196 g/mol. The summed E-state index contributed by atoms with van der Waals surface area (Å²) in [7, 11) is 1.99. The second kappa shape index (κ2) is 5.10. The molecule has 1 atom stereocenters. The van der Waals surface area contributed by atoms with E-state index in [0.29, 0.717) is 12.1 Å². The van der Waals surface area contributed by atoms with E-state index in [0.717, 1.165) is 18.7 Å². The molecule has 4 nitrogen and oxygen atoms in total. The van der Waals surface area contributed by atoms with E-state index in [1.165, 1.54) is 0 Å². The van der Waals surface area contributed by atoms with Gasteiger partial charge in [-0.05, 0) is 27.3 Å². The summed E-state index contributed by atoms with van der Waals surface area (Å²) in [6.45, 7) is 6.42. The van der Waals surface area contributed by atoms with E-state index in [9.17, 15) is 0 Å². The molecule has 4 heteroatoms. The second-order valence-electron chi connectivity index (χ2n) is 3.81. The lowest BCUT2D eigenvalue weighted by molar-refractivity contribution is 0.466. The minimum atomic E-state index is 0.391. The molecule has 0 amide bonds. The van der Waals surface area contributed by atoms with Crippen molar-refractivity contribution in [3.05, 3.63) is 12.2 Å². The summed E-state index contributed by atoms with van der Waals surface area (Å²) in [5.74, 6) is 1.07. The van der Waals surface area contributed by atoms with Gasteiger partial charge in [0.25, 0.3) is 0 Å². The first-order valence-corrected chi connectivity index (χ1v) is 5.24. The highest BCUT2D eigenvalue weighted by Crippen LogP contribution is 2.08. The van der Waals surface area contributed by atoms with Crippen LogP contribution in [0.4, 0.5) is 0 Å². The van der Waals surface area contributed by atoms with Crippen LogP contribution in [0.15, 0.2) is 6.33 Å². The molecule has 1 rings (SSSR count). The van der Waals surface area contributed by atoms with Gasteiger partial charge < -0.3 is 5.32 Å². The Morgan fingerprint density at radius 1 is 1.50 bits per heavy atom. The first-order valence-electron chi connectivity index (χ1n) is 5.24. The van der Waals surface area contributed by atoms with Gasteiger partial charge in [0.1, 0.15) is 12.2 Å². The van der Waals surface area contributed by atoms with Gasteiger partial charge >= 0.3 is 0 Å². The highest BCUT2D eigenvalue weighted by Gasteiger charge is 2.11. The Hall–Kier alpha value is -0.900. The summed E-state index contributed by atoms with van der Waals surface area (Å²) in [5.41, 5.74) is 0. The number of aromatic nitrogens is 3. The van der Waals surface area contributed by atoms with E-state index in [1.807, 2.05) is 11.7 Å². The van der Waals surface area contributed by atoms with Crippen molar-refractivity contribution in [2.24, 2.45) is 0 Å². The van der Waals surface area contributed by atoms with Crippen molar-refractivity contribution >= 4 is 0 Å². The molecule has 0 bridgehead atoms. The van der Waals surface area contributed by atoms with Crippen LogP contribution in [0.5, 0.6) is 0 Å². The normalized spacial score (nSPS) is 13.5. The first-order chi connectivity index (χ1) is 6.69. The molecule has 0 saturated heterocycles. The lowest BCUT2D eigenvalue weighted by atomic mass is 10.1. The average Bonchev–Trinajstić information content (AvgIpc) is 2.62. The van der Waals surface area contributed by atoms with Crippen molar-refractivity contribution in [3.8, 4) is 0 Å². The molecule has 0 radical (unpaired) electrons. The minimum Gasteiger partial charge on any atom is -0.317 e. The van der Waals surface area contributed by atoms with Gasteiger partial charge in [-0.2, -0.15) is 5.10 Å². The Morgan fingerprint density at radius 3 is 2.71 bits per heavy atom. The van der Waals surface area contributed by atoms with Gasteiger partial charge in [0.05, 0.1) is 0 Å². The van der Waals surface area contributed by atoms with Crippen molar-refractivity contribution in [1.82, 2.24) is 20.1 Å². The Labute approximate surface area is 85.7 Å². The molecule has 1 unspecified atom stereocenters. The fraction of sp³-hybridized carbons (Fsp3) is 0.800. The standard InChI is InChI=1S/C10H20N4/c1-5-9(11-4)6-10-12-7-13-14(10)8(2)3/h7-9,11H,5-6H2,1-4H3. The molecule has 1 aromatic rings. The van der Waals surface area contributed by atoms with E-state index in [4.69, 9.17) is 0 Å². The second-order valence-corrected chi connectivity index (χ2v) is 3.81. The third-order valence-corrected chi connectivity index (χ3v) is 2.47. The lowest BCUT2D eigenvalue weighted by Crippen LogP contribution is -2.28. The van der Waals surface area contributed by atoms with Crippen molar-refractivity contribution < 1.29 is 0 Å². The number of nitrogens with zero attached hydrogens (tertiary/aromatic N) is 3. The smallest absolute Gasteiger partial charge is 0.138 e. The minimum absolute atomic E-state index is 0.391. The van der Waals surface area contributed by atoms with Gasteiger partial charge in [-0.3, -0.25) is 0 Å². The fourth-order valence-corrected chi connectivity index (χ4v) is 1.52. The highest BCUT2D eigenvalue weighted by molar-refractivity contribution is 4.90. The number of nitrogens with one attached hydrogen (secondary N) is 1. The lowest BCUT2D eigenvalue weighted by Gasteiger charge is -2.15. The zero-order valence-electron chi connectivity index (χ0n) is 9.49. The molecule has 0 fully saturated rings. The van der Waals surface area contributed by atoms with E-state index in [1.54, 1.807) is 6.33 Å². The van der Waals surface area contributed by atoms with Gasteiger partial charge in [0, 0.05) is 18.5 Å². The molecule has 1 heterocycles. The summed E-state index contributed by atoms with van der Waals surface area (Å²) < 4.78 is 1.99. The Bertz CT molecular complexity index is 263. The monoisotopic (exact) mass is 196 g/mol. The zero-order chi connectivity index (χ0) is 10.6. The van der Waals surface area contributed by atoms with E-state index in [-0.39, 0.29) is 0 Å². The fourth-order valence-electron chi connectivity index (χ4n) is 1.52. The SMILES string of the molecule is CCC(Cc1ncnn1C(C)C)NC. The molecule has 0 aromatic carbocycles. The van der Waals surface area contributed by atoms with Crippen LogP contribution in [0.3, 0.4) is 0 Å². The molecule has 1 N–H and O–H groups in total. The van der Waals surface area contributed by atoms with Crippen LogP contribution in [-0.4, -0.2) is 27.9 Å². The van der Waals surface area contributed by atoms with Crippen LogP contribution >= 0.6 is 0 Å². The Kier molecular flexibility index (Phi) is 4.07. The van der Waals surface area contributed by atoms with E-state index in [2.05, 4.69) is 36.2 Å².